The SMILES string of the molecule is C1#CCCCCC#CC(C2OCc3ccccc32)=C1. The first-order valence-corrected chi connectivity index (χ1v) is 6.82. The lowest BCUT2D eigenvalue weighted by atomic mass is 9.99. The third kappa shape index (κ3) is 2.73. The van der Waals surface area contributed by atoms with Crippen LogP contribution in [0.4, 0.5) is 0 Å². The molecule has 0 saturated carbocycles. The van der Waals surface area contributed by atoms with Crippen molar-refractivity contribution < 1.29 is 4.74 Å². The lowest BCUT2D eigenvalue weighted by molar-refractivity contribution is 0.0942. The summed E-state index contributed by atoms with van der Waals surface area (Å²) < 4.78 is 5.89. The molecule has 94 valence electrons. The summed E-state index contributed by atoms with van der Waals surface area (Å²) >= 11 is 0. The van der Waals surface area contributed by atoms with Gasteiger partial charge in [-0.05, 0) is 24.0 Å². The molecule has 0 aromatic heterocycles. The topological polar surface area (TPSA) is 9.23 Å². The quantitative estimate of drug-likeness (QED) is 0.687. The Hall–Kier alpha value is -1.96. The highest BCUT2D eigenvalue weighted by Crippen LogP contribution is 2.35. The summed E-state index contributed by atoms with van der Waals surface area (Å²) in [5.41, 5.74) is 3.50. The summed E-state index contributed by atoms with van der Waals surface area (Å²) in [5.74, 6) is 12.8. The number of fused-ring (bicyclic) bond motifs is 1. The van der Waals surface area contributed by atoms with E-state index in [0.717, 1.165) is 31.3 Å². The van der Waals surface area contributed by atoms with Gasteiger partial charge in [0, 0.05) is 24.5 Å². The fourth-order valence-electron chi connectivity index (χ4n) is 2.41. The Bertz CT molecular complexity index is 616. The molecule has 0 amide bonds. The first-order chi connectivity index (χ1) is 9.45. The van der Waals surface area contributed by atoms with Gasteiger partial charge in [-0.25, -0.2) is 0 Å². The van der Waals surface area contributed by atoms with Crippen LogP contribution in [0.3, 0.4) is 0 Å². The molecule has 0 spiro atoms. The minimum absolute atomic E-state index is 0.0302. The Labute approximate surface area is 114 Å². The van der Waals surface area contributed by atoms with Crippen LogP contribution in [0, 0.1) is 23.7 Å². The maximum Gasteiger partial charge on any atom is 0.117 e. The molecule has 19 heavy (non-hydrogen) atoms. The number of allylic oxidation sites excluding steroid dienone is 1. The minimum Gasteiger partial charge on any atom is -0.363 e. The fraction of sp³-hybridized carbons (Fsp3) is 0.333. The van der Waals surface area contributed by atoms with E-state index in [2.05, 4.69) is 47.9 Å². The smallest absolute Gasteiger partial charge is 0.117 e. The molecule has 1 aliphatic heterocycles. The highest BCUT2D eigenvalue weighted by molar-refractivity contribution is 5.46. The van der Waals surface area contributed by atoms with Gasteiger partial charge in [-0.1, -0.05) is 47.9 Å². The van der Waals surface area contributed by atoms with Gasteiger partial charge in [-0.3, -0.25) is 0 Å². The predicted molar refractivity (Wildman–Crippen MR) is 76.1 cm³/mol. The molecule has 1 nitrogen and oxygen atoms in total. The standard InChI is InChI=1S/C18H16O/c1-2-4-6-10-15(11-7-5-3-1)18-17-13-9-8-12-16(17)14-19-18/h8-9,11-13,18H,1-4,14H2. The molecule has 1 heterocycles. The Morgan fingerprint density at radius 2 is 1.89 bits per heavy atom. The van der Waals surface area contributed by atoms with Gasteiger partial charge in [0.2, 0.25) is 0 Å². The van der Waals surface area contributed by atoms with E-state index in [9.17, 15) is 0 Å². The van der Waals surface area contributed by atoms with E-state index in [1.165, 1.54) is 11.1 Å². The van der Waals surface area contributed by atoms with Gasteiger partial charge >= 0.3 is 0 Å². The zero-order chi connectivity index (χ0) is 12.9. The van der Waals surface area contributed by atoms with E-state index >= 15 is 0 Å². The first kappa shape index (κ1) is 12.1. The van der Waals surface area contributed by atoms with E-state index in [1.807, 2.05) is 6.08 Å². The summed E-state index contributed by atoms with van der Waals surface area (Å²) in [6.07, 6.45) is 6.11. The van der Waals surface area contributed by atoms with Crippen LogP contribution in [0.2, 0.25) is 0 Å². The van der Waals surface area contributed by atoms with Crippen LogP contribution < -0.4 is 0 Å². The van der Waals surface area contributed by atoms with E-state index in [4.69, 9.17) is 4.74 Å². The molecule has 2 aliphatic rings. The van der Waals surface area contributed by atoms with Crippen molar-refractivity contribution >= 4 is 0 Å². The van der Waals surface area contributed by atoms with Crippen molar-refractivity contribution in [3.05, 3.63) is 47.0 Å². The van der Waals surface area contributed by atoms with Crippen LogP contribution in [0.15, 0.2) is 35.9 Å². The molecule has 3 rings (SSSR count). The Morgan fingerprint density at radius 1 is 1.05 bits per heavy atom. The molecular formula is C18H16O. The van der Waals surface area contributed by atoms with E-state index in [1.54, 1.807) is 0 Å². The molecular weight excluding hydrogens is 232 g/mol. The van der Waals surface area contributed by atoms with Crippen molar-refractivity contribution in [3.8, 4) is 23.7 Å². The average Bonchev–Trinajstić information content (AvgIpc) is 2.88. The third-order valence-corrected chi connectivity index (χ3v) is 3.44. The minimum atomic E-state index is -0.0302. The van der Waals surface area contributed by atoms with Crippen molar-refractivity contribution in [2.45, 2.75) is 38.4 Å². The van der Waals surface area contributed by atoms with Crippen LogP contribution in [0.5, 0.6) is 0 Å². The number of benzene rings is 1. The van der Waals surface area contributed by atoms with Crippen molar-refractivity contribution in [1.29, 1.82) is 0 Å². The monoisotopic (exact) mass is 248 g/mol. The lowest BCUT2D eigenvalue weighted by Gasteiger charge is -2.10. The van der Waals surface area contributed by atoms with Crippen molar-refractivity contribution in [3.63, 3.8) is 0 Å². The van der Waals surface area contributed by atoms with Crippen LogP contribution in [0.25, 0.3) is 0 Å². The number of ether oxygens (including phenoxy) is 1. The van der Waals surface area contributed by atoms with Gasteiger partial charge in [0.1, 0.15) is 6.10 Å². The molecule has 1 atom stereocenters. The van der Waals surface area contributed by atoms with Crippen LogP contribution in [0.1, 0.15) is 42.9 Å². The third-order valence-electron chi connectivity index (χ3n) is 3.44. The molecule has 1 aromatic rings. The largest absolute Gasteiger partial charge is 0.363 e. The molecule has 0 bridgehead atoms. The normalized spacial score (nSPS) is 21.3. The summed E-state index contributed by atoms with van der Waals surface area (Å²) in [6.45, 7) is 0.674. The van der Waals surface area contributed by atoms with Crippen molar-refractivity contribution in [2.24, 2.45) is 0 Å². The van der Waals surface area contributed by atoms with Crippen LogP contribution in [-0.2, 0) is 11.3 Å². The molecule has 0 N–H and O–H groups in total. The number of rotatable bonds is 1. The molecule has 1 aliphatic carbocycles. The van der Waals surface area contributed by atoms with Gasteiger partial charge < -0.3 is 4.74 Å². The van der Waals surface area contributed by atoms with Gasteiger partial charge in [0.25, 0.3) is 0 Å². The second-order valence-corrected chi connectivity index (χ2v) is 4.82. The predicted octanol–water partition coefficient (Wildman–Crippen LogP) is 3.77. The highest BCUT2D eigenvalue weighted by Gasteiger charge is 2.25. The lowest BCUT2D eigenvalue weighted by Crippen LogP contribution is -1.99. The van der Waals surface area contributed by atoms with Crippen molar-refractivity contribution in [1.82, 2.24) is 0 Å². The van der Waals surface area contributed by atoms with E-state index < -0.39 is 0 Å². The fourth-order valence-corrected chi connectivity index (χ4v) is 2.41. The maximum absolute atomic E-state index is 5.89. The summed E-state index contributed by atoms with van der Waals surface area (Å²) in [6, 6.07) is 8.36. The zero-order valence-corrected chi connectivity index (χ0v) is 10.9. The van der Waals surface area contributed by atoms with Crippen LogP contribution in [-0.4, -0.2) is 0 Å². The highest BCUT2D eigenvalue weighted by atomic mass is 16.5. The Kier molecular flexibility index (Phi) is 3.68. The molecule has 1 aromatic carbocycles. The maximum atomic E-state index is 5.89. The second-order valence-electron chi connectivity index (χ2n) is 4.82. The number of hydrogen-bond donors (Lipinski definition) is 0. The van der Waals surface area contributed by atoms with Gasteiger partial charge in [-0.2, -0.15) is 0 Å². The first-order valence-electron chi connectivity index (χ1n) is 6.82. The average molecular weight is 248 g/mol. The van der Waals surface area contributed by atoms with Gasteiger partial charge in [0.15, 0.2) is 0 Å². The summed E-state index contributed by atoms with van der Waals surface area (Å²) in [7, 11) is 0. The number of hydrogen-bond acceptors (Lipinski definition) is 1. The van der Waals surface area contributed by atoms with E-state index in [0.29, 0.717) is 6.61 Å². The Balaban J connectivity index is 1.94. The van der Waals surface area contributed by atoms with Crippen molar-refractivity contribution in [2.75, 3.05) is 0 Å². The zero-order valence-electron chi connectivity index (χ0n) is 10.9. The molecule has 1 heteroatoms. The van der Waals surface area contributed by atoms with Gasteiger partial charge in [-0.15, -0.1) is 0 Å². The molecule has 0 radical (unpaired) electrons. The van der Waals surface area contributed by atoms with E-state index in [-0.39, 0.29) is 6.10 Å². The van der Waals surface area contributed by atoms with Gasteiger partial charge in [0.05, 0.1) is 6.61 Å². The summed E-state index contributed by atoms with van der Waals surface area (Å²) in [5, 5.41) is 0. The summed E-state index contributed by atoms with van der Waals surface area (Å²) in [4.78, 5) is 0. The Morgan fingerprint density at radius 3 is 2.84 bits per heavy atom. The molecule has 1 unspecified atom stereocenters. The molecule has 0 fully saturated rings. The van der Waals surface area contributed by atoms with Crippen LogP contribution >= 0.6 is 0 Å². The molecule has 0 saturated heterocycles. The second kappa shape index (κ2) is 5.79.